The summed E-state index contributed by atoms with van der Waals surface area (Å²) in [4.78, 5) is 0. The highest BCUT2D eigenvalue weighted by atomic mass is 31.1. The van der Waals surface area contributed by atoms with E-state index in [0.29, 0.717) is 5.75 Å². The molecule has 130 valence electrons. The third-order valence-electron chi connectivity index (χ3n) is 4.07. The van der Waals surface area contributed by atoms with Crippen molar-refractivity contribution in [2.24, 2.45) is 0 Å². The summed E-state index contributed by atoms with van der Waals surface area (Å²) in [5.74, 6) is 0.597. The molecule has 1 unspecified atom stereocenters. The first-order valence-electron chi connectivity index (χ1n) is 9.04. The van der Waals surface area contributed by atoms with Gasteiger partial charge in [0.05, 0.1) is 7.11 Å². The summed E-state index contributed by atoms with van der Waals surface area (Å²) in [6.45, 7) is 2.27. The van der Waals surface area contributed by atoms with Gasteiger partial charge in [0.25, 0.3) is 0 Å². The van der Waals surface area contributed by atoms with E-state index in [1.54, 1.807) is 0 Å². The third-order valence-corrected chi connectivity index (χ3v) is 4.73. The summed E-state index contributed by atoms with van der Waals surface area (Å²) in [6.07, 6.45) is 14.7. The van der Waals surface area contributed by atoms with Crippen LogP contribution in [0.1, 0.15) is 76.7 Å². The van der Waals surface area contributed by atoms with E-state index in [0.717, 1.165) is 6.42 Å². The lowest BCUT2D eigenvalue weighted by Crippen LogP contribution is -1.88. The molecule has 1 aromatic carbocycles. The van der Waals surface area contributed by atoms with E-state index < -0.39 is 8.25 Å². The van der Waals surface area contributed by atoms with Crippen molar-refractivity contribution in [1.82, 2.24) is 0 Å². The molecule has 0 N–H and O–H groups in total. The Kier molecular flexibility index (Phi) is 11.8. The average molecular weight is 339 g/mol. The highest BCUT2D eigenvalue weighted by Gasteiger charge is 2.18. The quantitative estimate of drug-likeness (QED) is 0.275. The lowest BCUT2D eigenvalue weighted by Gasteiger charge is -2.03. The fourth-order valence-electron chi connectivity index (χ4n) is 2.66. The zero-order chi connectivity index (χ0) is 16.8. The van der Waals surface area contributed by atoms with Crippen molar-refractivity contribution in [2.75, 3.05) is 7.11 Å². The summed E-state index contributed by atoms with van der Waals surface area (Å²) in [5.41, 5.74) is 1.31. The van der Waals surface area contributed by atoms with Gasteiger partial charge in [-0.2, -0.15) is 0 Å². The maximum Gasteiger partial charge on any atom is 0.749 e. The van der Waals surface area contributed by atoms with Gasteiger partial charge >= 0.3 is 8.25 Å². The molecule has 0 saturated carbocycles. The largest absolute Gasteiger partial charge is 0.749 e. The standard InChI is InChI=1S/C19H32O3P/c1-3-4-5-6-7-8-9-10-11-12-13-18-14-16-19(17-15-18)22-23(20)21-2/h14-17H,3-13H2,1-2H3/q+1. The maximum absolute atomic E-state index is 11.1. The number of rotatable bonds is 14. The first kappa shape index (κ1) is 20.1. The number of aryl methyl sites for hydroxylation is 1. The molecule has 0 radical (unpaired) electrons. The second-order valence-corrected chi connectivity index (χ2v) is 7.07. The molecule has 1 aromatic rings. The molecule has 0 heterocycles. The van der Waals surface area contributed by atoms with Crippen LogP contribution in [0, 0.1) is 0 Å². The van der Waals surface area contributed by atoms with Crippen molar-refractivity contribution in [3.63, 3.8) is 0 Å². The van der Waals surface area contributed by atoms with Crippen molar-refractivity contribution in [3.8, 4) is 5.75 Å². The zero-order valence-electron chi connectivity index (χ0n) is 14.8. The summed E-state index contributed by atoms with van der Waals surface area (Å²) in [7, 11) is -0.666. The van der Waals surface area contributed by atoms with E-state index in [9.17, 15) is 4.57 Å². The van der Waals surface area contributed by atoms with Crippen LogP contribution >= 0.6 is 8.25 Å². The second kappa shape index (κ2) is 13.5. The molecule has 0 fully saturated rings. The van der Waals surface area contributed by atoms with Crippen LogP contribution in [0.3, 0.4) is 0 Å². The number of unbranched alkanes of at least 4 members (excludes halogenated alkanes) is 9. The van der Waals surface area contributed by atoms with Crippen LogP contribution in [-0.4, -0.2) is 7.11 Å². The van der Waals surface area contributed by atoms with Gasteiger partial charge in [-0.25, -0.2) is 4.52 Å². The van der Waals surface area contributed by atoms with Gasteiger partial charge in [0.15, 0.2) is 5.75 Å². The lowest BCUT2D eigenvalue weighted by molar-refractivity contribution is 0.349. The van der Waals surface area contributed by atoms with Crippen LogP contribution in [0.5, 0.6) is 5.75 Å². The van der Waals surface area contributed by atoms with Gasteiger partial charge in [-0.15, -0.1) is 4.52 Å². The maximum atomic E-state index is 11.1. The first-order valence-corrected chi connectivity index (χ1v) is 10.1. The molecule has 0 bridgehead atoms. The van der Waals surface area contributed by atoms with Crippen molar-refractivity contribution in [3.05, 3.63) is 29.8 Å². The molecule has 0 aliphatic carbocycles. The summed E-state index contributed by atoms with van der Waals surface area (Å²) < 4.78 is 20.9. The van der Waals surface area contributed by atoms with E-state index in [-0.39, 0.29) is 0 Å². The van der Waals surface area contributed by atoms with Gasteiger partial charge < -0.3 is 0 Å². The predicted octanol–water partition coefficient (Wildman–Crippen LogP) is 6.83. The topological polar surface area (TPSA) is 35.5 Å². The van der Waals surface area contributed by atoms with E-state index >= 15 is 0 Å². The molecule has 4 heteroatoms. The third kappa shape index (κ3) is 10.5. The Hall–Kier alpha value is -0.920. The minimum absolute atomic E-state index is 0.597. The first-order chi connectivity index (χ1) is 11.3. The van der Waals surface area contributed by atoms with Crippen LogP contribution in [0.15, 0.2) is 24.3 Å². The molecule has 0 aliphatic rings. The van der Waals surface area contributed by atoms with Gasteiger partial charge in [0, 0.05) is 4.57 Å². The Morgan fingerprint density at radius 3 is 1.87 bits per heavy atom. The van der Waals surface area contributed by atoms with E-state index in [1.807, 2.05) is 24.3 Å². The van der Waals surface area contributed by atoms with Crippen molar-refractivity contribution in [1.29, 1.82) is 0 Å². The van der Waals surface area contributed by atoms with Gasteiger partial charge in [0.2, 0.25) is 0 Å². The molecule has 3 nitrogen and oxygen atoms in total. The minimum atomic E-state index is -2.04. The highest BCUT2D eigenvalue weighted by molar-refractivity contribution is 7.33. The summed E-state index contributed by atoms with van der Waals surface area (Å²) in [6, 6.07) is 7.81. The Morgan fingerprint density at radius 1 is 0.826 bits per heavy atom. The summed E-state index contributed by atoms with van der Waals surface area (Å²) >= 11 is 0. The average Bonchev–Trinajstić information content (AvgIpc) is 2.58. The Labute approximate surface area is 142 Å². The highest BCUT2D eigenvalue weighted by Crippen LogP contribution is 2.27. The number of benzene rings is 1. The van der Waals surface area contributed by atoms with Crippen molar-refractivity contribution in [2.45, 2.75) is 77.6 Å². The van der Waals surface area contributed by atoms with Crippen molar-refractivity contribution >= 4 is 8.25 Å². The van der Waals surface area contributed by atoms with Gasteiger partial charge in [-0.1, -0.05) is 76.8 Å². The van der Waals surface area contributed by atoms with Crippen LogP contribution in [0.2, 0.25) is 0 Å². The molecular formula is C19H32O3P+. The molecule has 0 spiro atoms. The van der Waals surface area contributed by atoms with Crippen LogP contribution in [0.4, 0.5) is 0 Å². The smallest absolute Gasteiger partial charge is 0.229 e. The second-order valence-electron chi connectivity index (χ2n) is 6.07. The molecular weight excluding hydrogens is 307 g/mol. The normalized spacial score (nSPS) is 11.5. The van der Waals surface area contributed by atoms with Crippen LogP contribution in [-0.2, 0) is 15.5 Å². The Bertz CT molecular complexity index is 417. The van der Waals surface area contributed by atoms with Crippen molar-refractivity contribution < 1.29 is 13.6 Å². The molecule has 1 rings (SSSR count). The molecule has 0 amide bonds. The fourth-order valence-corrected chi connectivity index (χ4v) is 3.03. The molecule has 0 saturated heterocycles. The minimum Gasteiger partial charge on any atom is -0.229 e. The lowest BCUT2D eigenvalue weighted by atomic mass is 10.0. The monoisotopic (exact) mass is 339 g/mol. The van der Waals surface area contributed by atoms with E-state index in [4.69, 9.17) is 4.52 Å². The predicted molar refractivity (Wildman–Crippen MR) is 97.2 cm³/mol. The molecule has 23 heavy (non-hydrogen) atoms. The zero-order valence-corrected chi connectivity index (χ0v) is 15.7. The van der Waals surface area contributed by atoms with E-state index in [1.165, 1.54) is 76.9 Å². The SMILES string of the molecule is CCCCCCCCCCCCc1ccc(O[P+](=O)OC)cc1. The van der Waals surface area contributed by atoms with E-state index in [2.05, 4.69) is 11.4 Å². The Balaban J connectivity index is 2.02. The van der Waals surface area contributed by atoms with Gasteiger partial charge in [-0.3, -0.25) is 0 Å². The Morgan fingerprint density at radius 2 is 1.35 bits per heavy atom. The molecule has 0 aromatic heterocycles. The number of hydrogen-bond acceptors (Lipinski definition) is 3. The molecule has 1 atom stereocenters. The van der Waals surface area contributed by atoms with Gasteiger partial charge in [-0.05, 0) is 30.5 Å². The molecule has 0 aliphatic heterocycles. The summed E-state index contributed by atoms with van der Waals surface area (Å²) in [5, 5.41) is 0. The fraction of sp³-hybridized carbons (Fsp3) is 0.684. The van der Waals surface area contributed by atoms with Crippen LogP contribution < -0.4 is 4.52 Å². The number of hydrogen-bond donors (Lipinski definition) is 0. The van der Waals surface area contributed by atoms with Crippen LogP contribution in [0.25, 0.3) is 0 Å². The van der Waals surface area contributed by atoms with Gasteiger partial charge in [0.1, 0.15) is 0 Å².